The van der Waals surface area contributed by atoms with Crippen LogP contribution in [-0.4, -0.2) is 10.9 Å². The molecule has 0 spiro atoms. The van der Waals surface area contributed by atoms with Crippen molar-refractivity contribution in [2.24, 2.45) is 0 Å². The van der Waals surface area contributed by atoms with Crippen LogP contribution in [0.1, 0.15) is 0 Å². The number of nitrogens with zero attached hydrogens (tertiary/aromatic N) is 1. The van der Waals surface area contributed by atoms with E-state index in [0.717, 1.165) is 0 Å². The van der Waals surface area contributed by atoms with Crippen molar-refractivity contribution in [2.75, 3.05) is 10.6 Å². The predicted octanol–water partition coefficient (Wildman–Crippen LogP) is 5.40. The van der Waals surface area contributed by atoms with Gasteiger partial charge < -0.3 is 15.4 Å². The Balaban J connectivity index is 1.78. The van der Waals surface area contributed by atoms with Gasteiger partial charge in [-0.05, 0) is 48.5 Å². The molecule has 3 rings (SSSR count). The van der Waals surface area contributed by atoms with Crippen LogP contribution in [0.25, 0.3) is 0 Å². The zero-order chi connectivity index (χ0) is 18.4. The molecule has 0 radical (unpaired) electrons. The van der Waals surface area contributed by atoms with Crippen molar-refractivity contribution in [3.05, 3.63) is 84.5 Å². The first-order valence-corrected chi connectivity index (χ1v) is 8.21. The second-order valence-corrected chi connectivity index (χ2v) is 5.73. The van der Waals surface area contributed by atoms with E-state index in [-0.39, 0.29) is 5.91 Å². The van der Waals surface area contributed by atoms with Crippen LogP contribution >= 0.6 is 11.6 Å². The van der Waals surface area contributed by atoms with Gasteiger partial charge in [0.05, 0.1) is 11.4 Å². The van der Waals surface area contributed by atoms with Crippen LogP contribution in [-0.2, 0) is 4.79 Å². The fourth-order valence-electron chi connectivity index (χ4n) is 2.20. The van der Waals surface area contributed by atoms with Gasteiger partial charge in [0.1, 0.15) is 17.3 Å². The average molecular weight is 366 g/mol. The zero-order valence-corrected chi connectivity index (χ0v) is 14.5. The van der Waals surface area contributed by atoms with Gasteiger partial charge in [-0.3, -0.25) is 4.79 Å². The third-order valence-electron chi connectivity index (χ3n) is 3.41. The molecule has 6 heteroatoms. The lowest BCUT2D eigenvalue weighted by Gasteiger charge is -2.12. The van der Waals surface area contributed by atoms with E-state index in [1.165, 1.54) is 6.08 Å². The van der Waals surface area contributed by atoms with Gasteiger partial charge in [0, 0.05) is 17.3 Å². The topological polar surface area (TPSA) is 63.2 Å². The first kappa shape index (κ1) is 17.5. The highest BCUT2D eigenvalue weighted by Gasteiger charge is 2.06. The number of pyridine rings is 1. The Labute approximate surface area is 156 Å². The number of ether oxygens (including phenoxy) is 1. The van der Waals surface area contributed by atoms with E-state index in [9.17, 15) is 4.79 Å². The Hall–Kier alpha value is -3.31. The van der Waals surface area contributed by atoms with E-state index in [1.54, 1.807) is 48.7 Å². The van der Waals surface area contributed by atoms with Crippen LogP contribution in [0.4, 0.5) is 17.2 Å². The largest absolute Gasteiger partial charge is 0.457 e. The Bertz CT molecular complexity index is 926. The average Bonchev–Trinajstić information content (AvgIpc) is 2.65. The highest BCUT2D eigenvalue weighted by Crippen LogP contribution is 2.28. The number of carbonyl (C=O) groups is 1. The van der Waals surface area contributed by atoms with Crippen molar-refractivity contribution < 1.29 is 9.53 Å². The van der Waals surface area contributed by atoms with Crippen LogP contribution in [0.15, 0.2) is 79.5 Å². The molecule has 0 bridgehead atoms. The fraction of sp³-hybridized carbons (Fsp3) is 0. The van der Waals surface area contributed by atoms with Crippen molar-refractivity contribution in [3.63, 3.8) is 0 Å². The number of hydrogen-bond acceptors (Lipinski definition) is 4. The van der Waals surface area contributed by atoms with E-state index >= 15 is 0 Å². The second-order valence-electron chi connectivity index (χ2n) is 5.30. The molecular weight excluding hydrogens is 350 g/mol. The molecule has 26 heavy (non-hydrogen) atoms. The number of aromatic nitrogens is 1. The molecule has 130 valence electrons. The number of amides is 1. The molecule has 0 saturated carbocycles. The highest BCUT2D eigenvalue weighted by atomic mass is 35.5. The first-order chi connectivity index (χ1) is 12.6. The Morgan fingerprint density at radius 3 is 2.50 bits per heavy atom. The lowest BCUT2D eigenvalue weighted by molar-refractivity contribution is -0.111. The van der Waals surface area contributed by atoms with Crippen molar-refractivity contribution in [2.45, 2.75) is 0 Å². The number of halogens is 1. The Morgan fingerprint density at radius 1 is 1.04 bits per heavy atom. The monoisotopic (exact) mass is 365 g/mol. The summed E-state index contributed by atoms with van der Waals surface area (Å²) in [4.78, 5) is 15.9. The van der Waals surface area contributed by atoms with E-state index in [2.05, 4.69) is 22.2 Å². The zero-order valence-electron chi connectivity index (χ0n) is 13.8. The highest BCUT2D eigenvalue weighted by molar-refractivity contribution is 6.30. The smallest absolute Gasteiger partial charge is 0.247 e. The summed E-state index contributed by atoms with van der Waals surface area (Å²) in [7, 11) is 0. The summed E-state index contributed by atoms with van der Waals surface area (Å²) in [6.07, 6.45) is 2.86. The van der Waals surface area contributed by atoms with E-state index in [4.69, 9.17) is 16.3 Å². The number of rotatable bonds is 6. The van der Waals surface area contributed by atoms with Gasteiger partial charge in [0.15, 0.2) is 0 Å². The lowest BCUT2D eigenvalue weighted by atomic mass is 10.2. The minimum atomic E-state index is -0.285. The van der Waals surface area contributed by atoms with Crippen molar-refractivity contribution in [1.82, 2.24) is 4.98 Å². The SMILES string of the molecule is C=CC(=O)Nc1ccccc1Nc1cc(Oc2ccc(Cl)cc2)ccn1. The quantitative estimate of drug-likeness (QED) is 0.574. The number of anilines is 3. The summed E-state index contributed by atoms with van der Waals surface area (Å²) >= 11 is 5.88. The third-order valence-corrected chi connectivity index (χ3v) is 3.67. The molecule has 3 aromatic rings. The van der Waals surface area contributed by atoms with Crippen LogP contribution in [0.5, 0.6) is 11.5 Å². The van der Waals surface area contributed by atoms with Gasteiger partial charge in [-0.25, -0.2) is 4.98 Å². The summed E-state index contributed by atoms with van der Waals surface area (Å²) in [5, 5.41) is 6.57. The van der Waals surface area contributed by atoms with Gasteiger partial charge >= 0.3 is 0 Å². The molecule has 0 aliphatic rings. The standard InChI is InChI=1S/C20H16ClN3O2/c1-2-20(25)24-18-6-4-3-5-17(18)23-19-13-16(11-12-22-19)26-15-9-7-14(21)8-10-15/h2-13H,1H2,(H,22,23)(H,24,25). The van der Waals surface area contributed by atoms with Crippen molar-refractivity contribution >= 4 is 34.7 Å². The summed E-state index contributed by atoms with van der Waals surface area (Å²) in [6.45, 7) is 3.46. The molecule has 0 saturated heterocycles. The maximum absolute atomic E-state index is 11.6. The number of carbonyl (C=O) groups excluding carboxylic acids is 1. The van der Waals surface area contributed by atoms with Gasteiger partial charge in [-0.15, -0.1) is 0 Å². The van der Waals surface area contributed by atoms with Crippen LogP contribution < -0.4 is 15.4 Å². The molecule has 0 aliphatic carbocycles. The maximum Gasteiger partial charge on any atom is 0.247 e. The normalized spacial score (nSPS) is 10.0. The van der Waals surface area contributed by atoms with Crippen molar-refractivity contribution in [3.8, 4) is 11.5 Å². The van der Waals surface area contributed by atoms with Gasteiger partial charge in [0.25, 0.3) is 0 Å². The maximum atomic E-state index is 11.6. The lowest BCUT2D eigenvalue weighted by Crippen LogP contribution is -2.09. The molecule has 1 aromatic heterocycles. The van der Waals surface area contributed by atoms with Crippen LogP contribution in [0.3, 0.4) is 0 Å². The number of nitrogens with one attached hydrogen (secondary N) is 2. The summed E-state index contributed by atoms with van der Waals surface area (Å²) in [6, 6.07) is 17.9. The minimum Gasteiger partial charge on any atom is -0.457 e. The molecular formula is C20H16ClN3O2. The van der Waals surface area contributed by atoms with Gasteiger partial charge in [0.2, 0.25) is 5.91 Å². The summed E-state index contributed by atoms with van der Waals surface area (Å²) < 4.78 is 5.80. The summed E-state index contributed by atoms with van der Waals surface area (Å²) in [5.41, 5.74) is 1.34. The fourth-order valence-corrected chi connectivity index (χ4v) is 2.33. The van der Waals surface area contributed by atoms with E-state index < -0.39 is 0 Å². The molecule has 5 nitrogen and oxygen atoms in total. The third kappa shape index (κ3) is 4.62. The van der Waals surface area contributed by atoms with E-state index in [1.807, 2.05) is 18.2 Å². The molecule has 0 unspecified atom stereocenters. The van der Waals surface area contributed by atoms with Crippen LogP contribution in [0, 0.1) is 0 Å². The Kier molecular flexibility index (Phi) is 5.51. The van der Waals surface area contributed by atoms with E-state index in [0.29, 0.717) is 33.7 Å². The van der Waals surface area contributed by atoms with Crippen molar-refractivity contribution in [1.29, 1.82) is 0 Å². The van der Waals surface area contributed by atoms with Gasteiger partial charge in [-0.2, -0.15) is 0 Å². The second kappa shape index (κ2) is 8.18. The number of hydrogen-bond donors (Lipinski definition) is 2. The molecule has 0 fully saturated rings. The molecule has 0 atom stereocenters. The molecule has 0 aliphatic heterocycles. The minimum absolute atomic E-state index is 0.285. The predicted molar refractivity (Wildman–Crippen MR) is 104 cm³/mol. The first-order valence-electron chi connectivity index (χ1n) is 7.83. The molecule has 1 heterocycles. The van der Waals surface area contributed by atoms with Gasteiger partial charge in [-0.1, -0.05) is 30.3 Å². The molecule has 2 aromatic carbocycles. The van der Waals surface area contributed by atoms with Crippen LogP contribution in [0.2, 0.25) is 5.02 Å². The Morgan fingerprint density at radius 2 is 1.77 bits per heavy atom. The number of benzene rings is 2. The molecule has 2 N–H and O–H groups in total. The molecule has 1 amide bonds. The number of para-hydroxylation sites is 2. The summed E-state index contributed by atoms with van der Waals surface area (Å²) in [5.74, 6) is 1.59.